The molecule has 102 valence electrons. The smallest absolute Gasteiger partial charge is 0.272 e. The number of hydrogen-bond donors (Lipinski definition) is 1. The van der Waals surface area contributed by atoms with Crippen molar-refractivity contribution >= 4 is 5.91 Å². The van der Waals surface area contributed by atoms with E-state index in [-0.39, 0.29) is 11.9 Å². The van der Waals surface area contributed by atoms with Gasteiger partial charge in [-0.15, -0.1) is 0 Å². The second-order valence-corrected chi connectivity index (χ2v) is 4.56. The average Bonchev–Trinajstić information content (AvgIpc) is 2.96. The first-order valence-electron chi connectivity index (χ1n) is 6.36. The van der Waals surface area contributed by atoms with Crippen molar-refractivity contribution < 1.29 is 4.79 Å². The third-order valence-electron chi connectivity index (χ3n) is 3.19. The molecule has 19 heavy (non-hydrogen) atoms. The van der Waals surface area contributed by atoms with Crippen LogP contribution < -0.4 is 5.32 Å². The van der Waals surface area contributed by atoms with E-state index in [4.69, 9.17) is 0 Å². The Morgan fingerprint density at radius 3 is 2.84 bits per heavy atom. The van der Waals surface area contributed by atoms with Crippen molar-refractivity contribution in [2.75, 3.05) is 0 Å². The quantitative estimate of drug-likeness (QED) is 0.905. The van der Waals surface area contributed by atoms with Gasteiger partial charge in [-0.1, -0.05) is 0 Å². The van der Waals surface area contributed by atoms with Gasteiger partial charge in [0.1, 0.15) is 5.69 Å². The van der Waals surface area contributed by atoms with Gasteiger partial charge in [-0.3, -0.25) is 14.2 Å². The second-order valence-electron chi connectivity index (χ2n) is 4.56. The van der Waals surface area contributed by atoms with E-state index in [0.29, 0.717) is 5.69 Å². The van der Waals surface area contributed by atoms with Crippen molar-refractivity contribution in [3.63, 3.8) is 0 Å². The van der Waals surface area contributed by atoms with Crippen LogP contribution in [0.25, 0.3) is 0 Å². The fraction of sp³-hybridized carbons (Fsp3) is 0.462. The van der Waals surface area contributed by atoms with E-state index >= 15 is 0 Å². The molecule has 0 aliphatic heterocycles. The van der Waals surface area contributed by atoms with Crippen molar-refractivity contribution in [3.05, 3.63) is 35.4 Å². The number of nitrogens with one attached hydrogen (secondary N) is 1. The van der Waals surface area contributed by atoms with Crippen LogP contribution in [0.15, 0.2) is 18.3 Å². The minimum Gasteiger partial charge on any atom is -0.343 e. The molecule has 0 saturated heterocycles. The summed E-state index contributed by atoms with van der Waals surface area (Å²) in [6, 6.07) is 3.59. The molecule has 2 aromatic rings. The number of aryl methyl sites for hydroxylation is 3. The Morgan fingerprint density at radius 2 is 2.26 bits per heavy atom. The Bertz CT molecular complexity index is 564. The number of rotatable bonds is 4. The molecule has 2 aromatic heterocycles. The van der Waals surface area contributed by atoms with Crippen LogP contribution in [0.5, 0.6) is 0 Å². The normalized spacial score (nSPS) is 12.4. The largest absolute Gasteiger partial charge is 0.343 e. The summed E-state index contributed by atoms with van der Waals surface area (Å²) in [5.41, 5.74) is 2.38. The monoisotopic (exact) mass is 261 g/mol. The molecule has 0 aliphatic rings. The third kappa shape index (κ3) is 2.67. The molecule has 2 heterocycles. The molecule has 1 unspecified atom stereocenters. The summed E-state index contributed by atoms with van der Waals surface area (Å²) in [5, 5.41) is 11.3. The van der Waals surface area contributed by atoms with Gasteiger partial charge in [-0.25, -0.2) is 0 Å². The predicted octanol–water partition coefficient (Wildman–Crippen LogP) is 1.44. The summed E-state index contributed by atoms with van der Waals surface area (Å²) >= 11 is 0. The van der Waals surface area contributed by atoms with Crippen molar-refractivity contribution in [2.45, 2.75) is 33.4 Å². The molecule has 0 fully saturated rings. The van der Waals surface area contributed by atoms with Gasteiger partial charge >= 0.3 is 0 Å². The lowest BCUT2D eigenvalue weighted by atomic mass is 10.2. The Hall–Kier alpha value is -2.11. The zero-order valence-corrected chi connectivity index (χ0v) is 11.7. The molecule has 0 saturated carbocycles. The molecule has 6 heteroatoms. The van der Waals surface area contributed by atoms with Crippen LogP contribution in [0.4, 0.5) is 0 Å². The highest BCUT2D eigenvalue weighted by molar-refractivity contribution is 5.92. The van der Waals surface area contributed by atoms with E-state index in [1.165, 1.54) is 0 Å². The topological polar surface area (TPSA) is 64.7 Å². The van der Waals surface area contributed by atoms with E-state index in [2.05, 4.69) is 15.5 Å². The lowest BCUT2D eigenvalue weighted by molar-refractivity contribution is 0.0932. The number of nitrogens with zero attached hydrogens (tertiary/aromatic N) is 4. The Morgan fingerprint density at radius 1 is 1.53 bits per heavy atom. The van der Waals surface area contributed by atoms with Crippen LogP contribution in [0.2, 0.25) is 0 Å². The number of hydrogen-bond acceptors (Lipinski definition) is 3. The van der Waals surface area contributed by atoms with Crippen LogP contribution >= 0.6 is 0 Å². The maximum atomic E-state index is 12.1. The zero-order chi connectivity index (χ0) is 14.0. The summed E-state index contributed by atoms with van der Waals surface area (Å²) in [6.07, 6.45) is 1.74. The Labute approximate surface area is 112 Å². The van der Waals surface area contributed by atoms with E-state index in [0.717, 1.165) is 17.9 Å². The SMILES string of the molecule is CCn1nccc1C(C)NC(=O)c1cc(C)n(C)n1. The lowest BCUT2D eigenvalue weighted by Crippen LogP contribution is -2.28. The molecule has 2 rings (SSSR count). The minimum atomic E-state index is -0.167. The molecule has 0 aromatic carbocycles. The van der Waals surface area contributed by atoms with Crippen molar-refractivity contribution in [1.29, 1.82) is 0 Å². The number of carbonyl (C=O) groups is 1. The molecule has 1 N–H and O–H groups in total. The fourth-order valence-corrected chi connectivity index (χ4v) is 1.99. The summed E-state index contributed by atoms with van der Waals surface area (Å²) in [7, 11) is 1.82. The standard InChI is InChI=1S/C13H19N5O/c1-5-18-12(6-7-14-18)10(3)15-13(19)11-8-9(2)17(4)16-11/h6-8,10H,5H2,1-4H3,(H,15,19). The molecule has 6 nitrogen and oxygen atoms in total. The first kappa shape index (κ1) is 13.3. The van der Waals surface area contributed by atoms with E-state index in [9.17, 15) is 4.79 Å². The lowest BCUT2D eigenvalue weighted by Gasteiger charge is -2.14. The summed E-state index contributed by atoms with van der Waals surface area (Å²) in [4.78, 5) is 12.1. The number of carbonyl (C=O) groups excluding carboxylic acids is 1. The van der Waals surface area contributed by atoms with E-state index in [1.807, 2.05) is 38.6 Å². The van der Waals surface area contributed by atoms with Crippen LogP contribution in [0, 0.1) is 6.92 Å². The van der Waals surface area contributed by atoms with Crippen molar-refractivity contribution in [3.8, 4) is 0 Å². The second kappa shape index (κ2) is 5.26. The van der Waals surface area contributed by atoms with Crippen LogP contribution in [0.1, 0.15) is 41.8 Å². The highest BCUT2D eigenvalue weighted by Gasteiger charge is 2.16. The van der Waals surface area contributed by atoms with Gasteiger partial charge in [0, 0.05) is 25.5 Å². The summed E-state index contributed by atoms with van der Waals surface area (Å²) < 4.78 is 3.56. The third-order valence-corrected chi connectivity index (χ3v) is 3.19. The first-order chi connectivity index (χ1) is 9.02. The van der Waals surface area contributed by atoms with Gasteiger partial charge in [0.05, 0.1) is 11.7 Å². The number of amides is 1. The van der Waals surface area contributed by atoms with Gasteiger partial charge < -0.3 is 5.32 Å². The highest BCUT2D eigenvalue weighted by Crippen LogP contribution is 2.12. The molecule has 1 atom stereocenters. The molecular weight excluding hydrogens is 242 g/mol. The van der Waals surface area contributed by atoms with E-state index in [1.54, 1.807) is 16.9 Å². The summed E-state index contributed by atoms with van der Waals surface area (Å²) in [6.45, 7) is 6.66. The van der Waals surface area contributed by atoms with Crippen molar-refractivity contribution in [1.82, 2.24) is 24.9 Å². The van der Waals surface area contributed by atoms with Crippen molar-refractivity contribution in [2.24, 2.45) is 7.05 Å². The molecule has 1 amide bonds. The van der Waals surface area contributed by atoms with Gasteiger partial charge in [-0.05, 0) is 32.9 Å². The van der Waals surface area contributed by atoms with Crippen LogP contribution in [0.3, 0.4) is 0 Å². The van der Waals surface area contributed by atoms with E-state index < -0.39 is 0 Å². The highest BCUT2D eigenvalue weighted by atomic mass is 16.2. The fourth-order valence-electron chi connectivity index (χ4n) is 1.99. The molecule has 0 spiro atoms. The number of aromatic nitrogens is 4. The summed E-state index contributed by atoms with van der Waals surface area (Å²) in [5.74, 6) is -0.167. The maximum absolute atomic E-state index is 12.1. The minimum absolute atomic E-state index is 0.0998. The maximum Gasteiger partial charge on any atom is 0.272 e. The first-order valence-corrected chi connectivity index (χ1v) is 6.36. The van der Waals surface area contributed by atoms with Gasteiger partial charge in [0.25, 0.3) is 5.91 Å². The molecule has 0 aliphatic carbocycles. The van der Waals surface area contributed by atoms with Gasteiger partial charge in [0.2, 0.25) is 0 Å². The molecular formula is C13H19N5O. The van der Waals surface area contributed by atoms with Gasteiger partial charge in [-0.2, -0.15) is 10.2 Å². The molecule has 0 radical (unpaired) electrons. The van der Waals surface area contributed by atoms with Crippen LogP contribution in [-0.2, 0) is 13.6 Å². The Balaban J connectivity index is 2.10. The van der Waals surface area contributed by atoms with Gasteiger partial charge in [0.15, 0.2) is 0 Å². The average molecular weight is 261 g/mol. The predicted molar refractivity (Wildman–Crippen MR) is 71.7 cm³/mol. The van der Waals surface area contributed by atoms with Crippen LogP contribution in [-0.4, -0.2) is 25.5 Å². The Kier molecular flexibility index (Phi) is 3.69. The molecule has 0 bridgehead atoms. The zero-order valence-electron chi connectivity index (χ0n) is 11.7.